The number of nitrogens with one attached hydrogen (secondary N) is 2. The number of aliphatic imine (C=N–C) groups is 1. The first-order valence-corrected chi connectivity index (χ1v) is 9.71. The Morgan fingerprint density at radius 1 is 1.00 bits per heavy atom. The Kier molecular flexibility index (Phi) is 6.71. The average Bonchev–Trinajstić information content (AvgIpc) is 2.97. The van der Waals surface area contributed by atoms with Crippen LogP contribution in [-0.4, -0.2) is 22.8 Å². The molecule has 2 N–H and O–H groups in total. The van der Waals surface area contributed by atoms with Gasteiger partial charge in [-0.3, -0.25) is 9.67 Å². The smallest absolute Gasteiger partial charge is 0.191 e. The highest BCUT2D eigenvalue weighted by atomic mass is 35.5. The van der Waals surface area contributed by atoms with Gasteiger partial charge >= 0.3 is 0 Å². The van der Waals surface area contributed by atoms with E-state index in [0.29, 0.717) is 13.1 Å². The van der Waals surface area contributed by atoms with Crippen LogP contribution in [0.5, 0.6) is 0 Å². The summed E-state index contributed by atoms with van der Waals surface area (Å²) in [7, 11) is 1.76. The molecule has 3 rings (SSSR count). The Hall–Kier alpha value is -2.79. The lowest BCUT2D eigenvalue weighted by atomic mass is 10.2. The second-order valence-electron chi connectivity index (χ2n) is 6.66. The average molecular weight is 396 g/mol. The Balaban J connectivity index is 1.62. The maximum absolute atomic E-state index is 6.22. The molecule has 0 aliphatic carbocycles. The first-order chi connectivity index (χ1) is 13.6. The number of benzene rings is 2. The van der Waals surface area contributed by atoms with Gasteiger partial charge in [0, 0.05) is 36.4 Å². The molecule has 1 aromatic heterocycles. The minimum absolute atomic E-state index is 0.616. The van der Waals surface area contributed by atoms with Crippen molar-refractivity contribution < 1.29 is 0 Å². The summed E-state index contributed by atoms with van der Waals surface area (Å²) in [5.74, 6) is 0.731. The Morgan fingerprint density at radius 2 is 1.68 bits per heavy atom. The summed E-state index contributed by atoms with van der Waals surface area (Å²) in [4.78, 5) is 4.31. The third kappa shape index (κ3) is 4.93. The van der Waals surface area contributed by atoms with Gasteiger partial charge in [0.2, 0.25) is 0 Å². The Morgan fingerprint density at radius 3 is 2.39 bits per heavy atom. The fourth-order valence-electron chi connectivity index (χ4n) is 3.11. The number of halogens is 1. The lowest BCUT2D eigenvalue weighted by Crippen LogP contribution is -2.36. The highest BCUT2D eigenvalue weighted by Gasteiger charge is 2.12. The minimum Gasteiger partial charge on any atom is -0.352 e. The van der Waals surface area contributed by atoms with E-state index in [-0.39, 0.29) is 0 Å². The standard InChI is InChI=1S/C22H26ClN5/c1-16-20(17(2)28(27-16)15-18-9-5-4-6-10-18)14-26-22(24-3)25-13-19-11-7-8-12-21(19)23/h4-12H,13-15H2,1-3H3,(H2,24,25,26). The van der Waals surface area contributed by atoms with Crippen molar-refractivity contribution in [3.05, 3.63) is 87.7 Å². The number of guanidine groups is 1. The van der Waals surface area contributed by atoms with E-state index in [1.165, 1.54) is 11.1 Å². The van der Waals surface area contributed by atoms with E-state index in [0.717, 1.165) is 34.5 Å². The molecular formula is C22H26ClN5. The molecule has 0 spiro atoms. The van der Waals surface area contributed by atoms with Crippen molar-refractivity contribution in [2.24, 2.45) is 4.99 Å². The molecule has 0 amide bonds. The molecule has 0 saturated carbocycles. The molecule has 0 atom stereocenters. The molecule has 0 aliphatic rings. The molecule has 146 valence electrons. The van der Waals surface area contributed by atoms with E-state index in [1.807, 2.05) is 37.3 Å². The van der Waals surface area contributed by atoms with Gasteiger partial charge < -0.3 is 10.6 Å². The largest absolute Gasteiger partial charge is 0.352 e. The molecule has 3 aromatic rings. The molecule has 1 heterocycles. The zero-order valence-corrected chi connectivity index (χ0v) is 17.3. The summed E-state index contributed by atoms with van der Waals surface area (Å²) in [6.45, 7) is 6.21. The van der Waals surface area contributed by atoms with Crippen LogP contribution < -0.4 is 10.6 Å². The van der Waals surface area contributed by atoms with Gasteiger partial charge in [-0.1, -0.05) is 60.1 Å². The fourth-order valence-corrected chi connectivity index (χ4v) is 3.32. The molecule has 0 fully saturated rings. The van der Waals surface area contributed by atoms with Crippen LogP contribution in [0.4, 0.5) is 0 Å². The second-order valence-corrected chi connectivity index (χ2v) is 7.07. The van der Waals surface area contributed by atoms with Gasteiger partial charge in [0.1, 0.15) is 0 Å². The molecule has 2 aromatic carbocycles. The van der Waals surface area contributed by atoms with E-state index in [1.54, 1.807) is 7.05 Å². The number of hydrogen-bond donors (Lipinski definition) is 2. The number of aromatic nitrogens is 2. The Labute approximate surface area is 171 Å². The first-order valence-electron chi connectivity index (χ1n) is 9.33. The fraction of sp³-hybridized carbons (Fsp3) is 0.273. The van der Waals surface area contributed by atoms with Crippen LogP contribution >= 0.6 is 11.6 Å². The van der Waals surface area contributed by atoms with Gasteiger partial charge in [0.25, 0.3) is 0 Å². The van der Waals surface area contributed by atoms with Crippen LogP contribution in [-0.2, 0) is 19.6 Å². The number of hydrogen-bond acceptors (Lipinski definition) is 2. The van der Waals surface area contributed by atoms with Crippen molar-refractivity contribution >= 4 is 17.6 Å². The molecular weight excluding hydrogens is 370 g/mol. The molecule has 6 heteroatoms. The van der Waals surface area contributed by atoms with Crippen molar-refractivity contribution in [3.8, 4) is 0 Å². The van der Waals surface area contributed by atoms with E-state index in [2.05, 4.69) is 51.5 Å². The van der Waals surface area contributed by atoms with Crippen LogP contribution in [0.2, 0.25) is 5.02 Å². The Bertz CT molecular complexity index is 947. The van der Waals surface area contributed by atoms with Crippen molar-refractivity contribution in [1.29, 1.82) is 0 Å². The number of nitrogens with zero attached hydrogens (tertiary/aromatic N) is 3. The van der Waals surface area contributed by atoms with Gasteiger partial charge in [0.15, 0.2) is 5.96 Å². The topological polar surface area (TPSA) is 54.2 Å². The van der Waals surface area contributed by atoms with Crippen LogP contribution in [0.15, 0.2) is 59.6 Å². The van der Waals surface area contributed by atoms with Gasteiger partial charge in [-0.2, -0.15) is 5.10 Å². The highest BCUT2D eigenvalue weighted by Crippen LogP contribution is 2.15. The number of rotatable bonds is 6. The monoisotopic (exact) mass is 395 g/mol. The van der Waals surface area contributed by atoms with E-state index >= 15 is 0 Å². The maximum Gasteiger partial charge on any atom is 0.191 e. The van der Waals surface area contributed by atoms with Gasteiger partial charge in [-0.05, 0) is 31.0 Å². The number of aryl methyl sites for hydroxylation is 1. The van der Waals surface area contributed by atoms with Gasteiger partial charge in [0.05, 0.1) is 12.2 Å². The minimum atomic E-state index is 0.616. The molecule has 28 heavy (non-hydrogen) atoms. The predicted molar refractivity (Wildman–Crippen MR) is 116 cm³/mol. The molecule has 0 saturated heterocycles. The SMILES string of the molecule is CN=C(NCc1ccccc1Cl)NCc1c(C)nn(Cc2ccccc2)c1C. The maximum atomic E-state index is 6.22. The normalized spacial score (nSPS) is 11.5. The van der Waals surface area contributed by atoms with Crippen LogP contribution in [0, 0.1) is 13.8 Å². The van der Waals surface area contributed by atoms with Crippen molar-refractivity contribution in [2.75, 3.05) is 7.05 Å². The van der Waals surface area contributed by atoms with E-state index < -0.39 is 0 Å². The van der Waals surface area contributed by atoms with Gasteiger partial charge in [-0.15, -0.1) is 0 Å². The van der Waals surface area contributed by atoms with Gasteiger partial charge in [-0.25, -0.2) is 0 Å². The summed E-state index contributed by atoms with van der Waals surface area (Å²) in [5, 5.41) is 12.1. The van der Waals surface area contributed by atoms with Crippen molar-refractivity contribution in [1.82, 2.24) is 20.4 Å². The second kappa shape index (κ2) is 9.42. The summed E-state index contributed by atoms with van der Waals surface area (Å²) in [5.41, 5.74) is 5.66. The molecule has 0 radical (unpaired) electrons. The molecule has 0 unspecified atom stereocenters. The first kappa shape index (κ1) is 20.0. The van der Waals surface area contributed by atoms with Crippen LogP contribution in [0.1, 0.15) is 28.1 Å². The highest BCUT2D eigenvalue weighted by molar-refractivity contribution is 6.31. The third-order valence-electron chi connectivity index (χ3n) is 4.77. The summed E-state index contributed by atoms with van der Waals surface area (Å²) >= 11 is 6.22. The quantitative estimate of drug-likeness (QED) is 0.488. The van der Waals surface area contributed by atoms with Crippen molar-refractivity contribution in [2.45, 2.75) is 33.5 Å². The third-order valence-corrected chi connectivity index (χ3v) is 5.14. The zero-order valence-electron chi connectivity index (χ0n) is 16.5. The summed E-state index contributed by atoms with van der Waals surface area (Å²) in [6, 6.07) is 18.2. The summed E-state index contributed by atoms with van der Waals surface area (Å²) in [6.07, 6.45) is 0. The molecule has 0 bridgehead atoms. The molecule has 0 aliphatic heterocycles. The predicted octanol–water partition coefficient (Wildman–Crippen LogP) is 4.07. The van der Waals surface area contributed by atoms with E-state index in [9.17, 15) is 0 Å². The van der Waals surface area contributed by atoms with Crippen LogP contribution in [0.25, 0.3) is 0 Å². The van der Waals surface area contributed by atoms with Crippen molar-refractivity contribution in [3.63, 3.8) is 0 Å². The lowest BCUT2D eigenvalue weighted by Gasteiger charge is -2.13. The zero-order chi connectivity index (χ0) is 19.9. The lowest BCUT2D eigenvalue weighted by molar-refractivity contribution is 0.657. The van der Waals surface area contributed by atoms with Crippen LogP contribution in [0.3, 0.4) is 0 Å². The van der Waals surface area contributed by atoms with E-state index in [4.69, 9.17) is 16.7 Å². The summed E-state index contributed by atoms with van der Waals surface area (Å²) < 4.78 is 2.06. The molecule has 5 nitrogen and oxygen atoms in total.